The lowest BCUT2D eigenvalue weighted by Gasteiger charge is -2.46. The van der Waals surface area contributed by atoms with Crippen LogP contribution in [0.2, 0.25) is 0 Å². The summed E-state index contributed by atoms with van der Waals surface area (Å²) in [6.45, 7) is 6.15. The molecular weight excluding hydrogens is 340 g/mol. The van der Waals surface area contributed by atoms with Crippen molar-refractivity contribution >= 4 is 5.91 Å². The molecule has 3 aliphatic rings. The summed E-state index contributed by atoms with van der Waals surface area (Å²) in [4.78, 5) is 19.0. The van der Waals surface area contributed by atoms with Crippen molar-refractivity contribution in [2.24, 2.45) is 11.8 Å². The van der Waals surface area contributed by atoms with Crippen LogP contribution >= 0.6 is 0 Å². The van der Waals surface area contributed by atoms with Gasteiger partial charge in [-0.2, -0.15) is 0 Å². The number of carbonyl (C=O) groups excluding carboxylic acids is 1. The quantitative estimate of drug-likeness (QED) is 0.716. The third kappa shape index (κ3) is 4.69. The fraction of sp³-hybridized carbons (Fsp3) is 0.727. The Balaban J connectivity index is 1.27. The third-order valence-electron chi connectivity index (χ3n) is 6.52. The maximum atomic E-state index is 12.8. The maximum absolute atomic E-state index is 12.8. The van der Waals surface area contributed by atoms with E-state index < -0.39 is 0 Å². The number of ether oxygens (including phenoxy) is 2. The molecule has 0 aromatic carbocycles. The Morgan fingerprint density at radius 1 is 1.30 bits per heavy atom. The lowest BCUT2D eigenvalue weighted by Crippen LogP contribution is -2.51. The van der Waals surface area contributed by atoms with Gasteiger partial charge < -0.3 is 14.4 Å². The monoisotopic (exact) mass is 372 g/mol. The van der Waals surface area contributed by atoms with E-state index in [1.165, 1.54) is 12.8 Å². The van der Waals surface area contributed by atoms with Crippen molar-refractivity contribution in [3.63, 3.8) is 0 Å². The van der Waals surface area contributed by atoms with Crippen molar-refractivity contribution in [2.75, 3.05) is 32.9 Å². The molecule has 1 amide bonds. The van der Waals surface area contributed by atoms with E-state index in [4.69, 9.17) is 9.47 Å². The Morgan fingerprint density at radius 3 is 2.85 bits per heavy atom. The number of aryl methyl sites for hydroxylation is 1. The second-order valence-corrected chi connectivity index (χ2v) is 8.63. The molecule has 0 radical (unpaired) electrons. The highest BCUT2D eigenvalue weighted by atomic mass is 16.5. The molecule has 1 aromatic rings. The Kier molecular flexibility index (Phi) is 5.79. The molecular formula is C22H32N2O3. The molecule has 0 bridgehead atoms. The van der Waals surface area contributed by atoms with Crippen LogP contribution in [0.3, 0.4) is 0 Å². The van der Waals surface area contributed by atoms with Gasteiger partial charge in [0.1, 0.15) is 0 Å². The fourth-order valence-electron chi connectivity index (χ4n) is 4.51. The molecule has 1 spiro atoms. The Hall–Kier alpha value is -1.46. The van der Waals surface area contributed by atoms with Crippen molar-refractivity contribution in [2.45, 2.75) is 57.5 Å². The summed E-state index contributed by atoms with van der Waals surface area (Å²) in [6, 6.07) is 3.72. The smallest absolute Gasteiger partial charge is 0.255 e. The van der Waals surface area contributed by atoms with Crippen molar-refractivity contribution in [3.05, 3.63) is 29.6 Å². The molecule has 5 nitrogen and oxygen atoms in total. The molecule has 1 saturated carbocycles. The number of rotatable bonds is 6. The molecule has 148 valence electrons. The molecule has 5 heteroatoms. The van der Waals surface area contributed by atoms with Gasteiger partial charge in [0.15, 0.2) is 0 Å². The molecule has 1 aromatic heterocycles. The molecule has 3 fully saturated rings. The first-order valence-corrected chi connectivity index (χ1v) is 10.6. The number of hydrogen-bond acceptors (Lipinski definition) is 4. The van der Waals surface area contributed by atoms with E-state index in [1.807, 2.05) is 24.0 Å². The molecule has 3 heterocycles. The van der Waals surface area contributed by atoms with Gasteiger partial charge in [0.2, 0.25) is 0 Å². The number of hydrogen-bond donors (Lipinski definition) is 0. The molecule has 1 aliphatic carbocycles. The van der Waals surface area contributed by atoms with E-state index in [-0.39, 0.29) is 11.5 Å². The van der Waals surface area contributed by atoms with Crippen LogP contribution in [0.4, 0.5) is 0 Å². The van der Waals surface area contributed by atoms with Gasteiger partial charge in [-0.1, -0.05) is 0 Å². The first-order valence-electron chi connectivity index (χ1n) is 10.6. The standard InChI is InChI=1S/C22H32N2O3/c1-17-20(3-2-10-23-17)21(25)24-11-8-22(9-12-24)15-18(7-14-27-22)6-13-26-16-19-4-5-19/h2-3,10,18-19H,4-9,11-16H2,1H3. The lowest BCUT2D eigenvalue weighted by atomic mass is 9.78. The van der Waals surface area contributed by atoms with Crippen LogP contribution in [-0.2, 0) is 9.47 Å². The summed E-state index contributed by atoms with van der Waals surface area (Å²) in [5.41, 5.74) is 1.51. The summed E-state index contributed by atoms with van der Waals surface area (Å²) in [5.74, 6) is 1.65. The average molecular weight is 373 g/mol. The van der Waals surface area contributed by atoms with Crippen LogP contribution in [0, 0.1) is 18.8 Å². The largest absolute Gasteiger partial charge is 0.381 e. The van der Waals surface area contributed by atoms with Gasteiger partial charge >= 0.3 is 0 Å². The highest BCUT2D eigenvalue weighted by Gasteiger charge is 2.41. The van der Waals surface area contributed by atoms with Gasteiger partial charge in [-0.25, -0.2) is 0 Å². The van der Waals surface area contributed by atoms with Crippen molar-refractivity contribution < 1.29 is 14.3 Å². The average Bonchev–Trinajstić information content (AvgIpc) is 3.50. The number of aromatic nitrogens is 1. The topological polar surface area (TPSA) is 51.7 Å². The van der Waals surface area contributed by atoms with Crippen LogP contribution < -0.4 is 0 Å². The minimum Gasteiger partial charge on any atom is -0.381 e. The maximum Gasteiger partial charge on any atom is 0.255 e. The number of nitrogens with zero attached hydrogens (tertiary/aromatic N) is 2. The Morgan fingerprint density at radius 2 is 2.11 bits per heavy atom. The fourth-order valence-corrected chi connectivity index (χ4v) is 4.51. The second-order valence-electron chi connectivity index (χ2n) is 8.63. The third-order valence-corrected chi connectivity index (χ3v) is 6.52. The highest BCUT2D eigenvalue weighted by molar-refractivity contribution is 5.95. The van der Waals surface area contributed by atoms with Crippen LogP contribution in [-0.4, -0.2) is 54.3 Å². The second kappa shape index (κ2) is 8.27. The minimum atomic E-state index is -0.0276. The Labute approximate surface area is 162 Å². The zero-order valence-electron chi connectivity index (χ0n) is 16.5. The summed E-state index contributed by atoms with van der Waals surface area (Å²) in [6.07, 6.45) is 9.74. The number of piperidine rings is 1. The molecule has 1 unspecified atom stereocenters. The number of carbonyl (C=O) groups is 1. The molecule has 1 atom stereocenters. The predicted octanol–water partition coefficient (Wildman–Crippen LogP) is 3.61. The van der Waals surface area contributed by atoms with E-state index in [0.717, 1.165) is 82.2 Å². The Bertz CT molecular complexity index is 651. The van der Waals surface area contributed by atoms with Crippen molar-refractivity contribution in [1.82, 2.24) is 9.88 Å². The van der Waals surface area contributed by atoms with Gasteiger partial charge in [0, 0.05) is 44.8 Å². The number of amides is 1. The van der Waals surface area contributed by atoms with Gasteiger partial charge in [-0.05, 0) is 75.8 Å². The molecule has 2 aliphatic heterocycles. The first-order chi connectivity index (χ1) is 13.2. The van der Waals surface area contributed by atoms with Gasteiger partial charge in [-0.3, -0.25) is 9.78 Å². The van der Waals surface area contributed by atoms with Gasteiger partial charge in [0.25, 0.3) is 5.91 Å². The van der Waals surface area contributed by atoms with E-state index >= 15 is 0 Å². The van der Waals surface area contributed by atoms with E-state index in [1.54, 1.807) is 6.20 Å². The SMILES string of the molecule is Cc1ncccc1C(=O)N1CCC2(CC1)CC(CCOCC1CC1)CCO2. The normalized spacial score (nSPS) is 24.9. The molecule has 4 rings (SSSR count). The zero-order chi connectivity index (χ0) is 18.7. The number of pyridine rings is 1. The van der Waals surface area contributed by atoms with E-state index in [9.17, 15) is 4.79 Å². The van der Waals surface area contributed by atoms with Gasteiger partial charge in [0.05, 0.1) is 11.2 Å². The van der Waals surface area contributed by atoms with E-state index in [0.29, 0.717) is 5.92 Å². The summed E-state index contributed by atoms with van der Waals surface area (Å²) < 4.78 is 12.1. The first kappa shape index (κ1) is 18.9. The van der Waals surface area contributed by atoms with Crippen LogP contribution in [0.25, 0.3) is 0 Å². The highest BCUT2D eigenvalue weighted by Crippen LogP contribution is 2.39. The lowest BCUT2D eigenvalue weighted by molar-refractivity contribution is -0.126. The molecule has 0 N–H and O–H groups in total. The van der Waals surface area contributed by atoms with Crippen molar-refractivity contribution in [1.29, 1.82) is 0 Å². The predicted molar refractivity (Wildman–Crippen MR) is 104 cm³/mol. The molecule has 27 heavy (non-hydrogen) atoms. The zero-order valence-corrected chi connectivity index (χ0v) is 16.5. The van der Waals surface area contributed by atoms with Crippen LogP contribution in [0.5, 0.6) is 0 Å². The summed E-state index contributed by atoms with van der Waals surface area (Å²) in [7, 11) is 0. The van der Waals surface area contributed by atoms with Crippen molar-refractivity contribution in [3.8, 4) is 0 Å². The number of likely N-dealkylation sites (tertiary alicyclic amines) is 1. The molecule has 2 saturated heterocycles. The minimum absolute atomic E-state index is 0.0276. The summed E-state index contributed by atoms with van der Waals surface area (Å²) >= 11 is 0. The van der Waals surface area contributed by atoms with Crippen LogP contribution in [0.15, 0.2) is 18.3 Å². The van der Waals surface area contributed by atoms with Crippen LogP contribution in [0.1, 0.15) is 61.0 Å². The van der Waals surface area contributed by atoms with Gasteiger partial charge in [-0.15, -0.1) is 0 Å². The summed E-state index contributed by atoms with van der Waals surface area (Å²) in [5, 5.41) is 0. The van der Waals surface area contributed by atoms with E-state index in [2.05, 4.69) is 4.98 Å².